The lowest BCUT2D eigenvalue weighted by atomic mass is 9.88. The number of fused-ring (bicyclic) bond motifs is 6. The molecule has 2 heteroatoms. The predicted molar refractivity (Wildman–Crippen MR) is 243 cm³/mol. The largest absolute Gasteiger partial charge is 0.309 e. The molecular formula is C55H39NSi. The van der Waals surface area contributed by atoms with Crippen LogP contribution in [-0.4, -0.2) is 12.6 Å². The van der Waals surface area contributed by atoms with Gasteiger partial charge in [0, 0.05) is 22.4 Å². The Morgan fingerprint density at radius 3 is 1.53 bits per heavy atom. The zero-order valence-corrected chi connectivity index (χ0v) is 32.5. The van der Waals surface area contributed by atoms with Crippen LogP contribution in [0.15, 0.2) is 231 Å². The summed E-state index contributed by atoms with van der Waals surface area (Å²) in [4.78, 5) is 0. The molecule has 1 unspecified atom stereocenters. The normalized spacial score (nSPS) is 13.4. The highest BCUT2D eigenvalue weighted by atomic mass is 28.3. The maximum absolute atomic E-state index is 2.63. The Labute approximate surface area is 334 Å². The van der Waals surface area contributed by atoms with Gasteiger partial charge in [-0.1, -0.05) is 200 Å². The van der Waals surface area contributed by atoms with E-state index in [-0.39, 0.29) is 5.92 Å². The molecule has 11 rings (SSSR count). The SMILES string of the molecule is c1ccc(C2c3ccccc3-c3c(-c4ccc5c(c4)c4ccccc4n5-c4ccc([Si](c5ccccc5)(c5ccccc5)c5ccccc5)cc4)cccc32)cc1. The fraction of sp³-hybridized carbons (Fsp3) is 0.0182. The molecule has 1 heterocycles. The van der Waals surface area contributed by atoms with Gasteiger partial charge in [-0.05, 0) is 90.0 Å². The van der Waals surface area contributed by atoms with Crippen LogP contribution in [-0.2, 0) is 0 Å². The van der Waals surface area contributed by atoms with E-state index < -0.39 is 8.07 Å². The quantitative estimate of drug-likeness (QED) is 0.113. The number of rotatable bonds is 7. The summed E-state index contributed by atoms with van der Waals surface area (Å²) in [5, 5.41) is 8.02. The van der Waals surface area contributed by atoms with Crippen LogP contribution < -0.4 is 20.7 Å². The maximum atomic E-state index is 2.45. The maximum Gasteiger partial charge on any atom is 0.179 e. The fourth-order valence-corrected chi connectivity index (χ4v) is 14.6. The van der Waals surface area contributed by atoms with Crippen LogP contribution in [0.5, 0.6) is 0 Å². The number of hydrogen-bond donors (Lipinski definition) is 0. The smallest absolute Gasteiger partial charge is 0.179 e. The van der Waals surface area contributed by atoms with Crippen molar-refractivity contribution in [3.63, 3.8) is 0 Å². The van der Waals surface area contributed by atoms with E-state index in [1.54, 1.807) is 0 Å². The second kappa shape index (κ2) is 13.6. The molecule has 0 N–H and O–H groups in total. The molecule has 0 fully saturated rings. The van der Waals surface area contributed by atoms with Crippen LogP contribution >= 0.6 is 0 Å². The summed E-state index contributed by atoms with van der Waals surface area (Å²) in [5.41, 5.74) is 12.9. The van der Waals surface area contributed by atoms with E-state index in [4.69, 9.17) is 0 Å². The van der Waals surface area contributed by atoms with E-state index in [0.717, 1.165) is 5.69 Å². The first-order chi connectivity index (χ1) is 28.3. The van der Waals surface area contributed by atoms with Gasteiger partial charge in [-0.3, -0.25) is 0 Å². The predicted octanol–water partition coefficient (Wildman–Crippen LogP) is 11.0. The first kappa shape index (κ1) is 33.3. The van der Waals surface area contributed by atoms with Gasteiger partial charge >= 0.3 is 0 Å². The lowest BCUT2D eigenvalue weighted by Gasteiger charge is -2.34. The summed E-state index contributed by atoms with van der Waals surface area (Å²) in [6, 6.07) is 85.7. The molecule has 1 aliphatic carbocycles. The highest BCUT2D eigenvalue weighted by Crippen LogP contribution is 2.51. The summed E-state index contributed by atoms with van der Waals surface area (Å²) in [5.74, 6) is 0.221. The van der Waals surface area contributed by atoms with Crippen molar-refractivity contribution in [1.82, 2.24) is 4.57 Å². The molecule has 268 valence electrons. The van der Waals surface area contributed by atoms with Gasteiger partial charge in [-0.2, -0.15) is 0 Å². The fourth-order valence-electron chi connectivity index (χ4n) is 9.84. The molecule has 1 aliphatic rings. The number of benzene rings is 9. The Balaban J connectivity index is 1.07. The number of hydrogen-bond acceptors (Lipinski definition) is 0. The Bertz CT molecular complexity index is 2940. The van der Waals surface area contributed by atoms with Gasteiger partial charge in [0.15, 0.2) is 8.07 Å². The Morgan fingerprint density at radius 2 is 0.860 bits per heavy atom. The van der Waals surface area contributed by atoms with Crippen LogP contribution in [0.4, 0.5) is 0 Å². The van der Waals surface area contributed by atoms with Gasteiger partial charge in [0.2, 0.25) is 0 Å². The van der Waals surface area contributed by atoms with Gasteiger partial charge < -0.3 is 4.57 Å². The molecule has 1 nitrogen and oxygen atoms in total. The molecule has 0 radical (unpaired) electrons. The molecule has 0 saturated carbocycles. The molecule has 1 atom stereocenters. The van der Waals surface area contributed by atoms with Crippen molar-refractivity contribution in [2.75, 3.05) is 0 Å². The molecule has 10 aromatic rings. The lowest BCUT2D eigenvalue weighted by Crippen LogP contribution is -2.74. The standard InChI is InChI=1S/C55H39NSi/c1-5-18-39(19-6-1)54-48-27-13-14-28-49(48)55-46(29-17-30-50(54)55)40-32-37-53-51(38-40)47-26-15-16-31-52(47)56(53)41-33-35-45(36-34-41)57(42-20-7-2-8-21-42,43-22-9-3-10-23-43)44-24-11-4-12-25-44/h1-38,54H. The van der Waals surface area contributed by atoms with E-state index in [2.05, 4.69) is 235 Å². The Morgan fingerprint density at radius 1 is 0.351 bits per heavy atom. The molecule has 0 spiro atoms. The number of para-hydroxylation sites is 1. The second-order valence-corrected chi connectivity index (χ2v) is 19.0. The first-order valence-electron chi connectivity index (χ1n) is 19.9. The van der Waals surface area contributed by atoms with Crippen molar-refractivity contribution in [2.45, 2.75) is 5.92 Å². The van der Waals surface area contributed by atoms with Crippen molar-refractivity contribution < 1.29 is 0 Å². The van der Waals surface area contributed by atoms with Crippen molar-refractivity contribution in [2.24, 2.45) is 0 Å². The van der Waals surface area contributed by atoms with Gasteiger partial charge in [-0.25, -0.2) is 0 Å². The minimum atomic E-state index is -2.63. The summed E-state index contributed by atoms with van der Waals surface area (Å²) < 4.78 is 2.45. The zero-order chi connectivity index (χ0) is 37.8. The summed E-state index contributed by atoms with van der Waals surface area (Å²) in [7, 11) is -2.63. The topological polar surface area (TPSA) is 4.93 Å². The third kappa shape index (κ3) is 5.22. The second-order valence-electron chi connectivity index (χ2n) is 15.2. The van der Waals surface area contributed by atoms with E-state index in [0.29, 0.717) is 0 Å². The van der Waals surface area contributed by atoms with Crippen molar-refractivity contribution >= 4 is 50.6 Å². The van der Waals surface area contributed by atoms with Crippen LogP contribution in [0, 0.1) is 0 Å². The molecule has 1 aromatic heterocycles. The van der Waals surface area contributed by atoms with Crippen molar-refractivity contribution in [1.29, 1.82) is 0 Å². The minimum absolute atomic E-state index is 0.221. The summed E-state index contributed by atoms with van der Waals surface area (Å²) >= 11 is 0. The van der Waals surface area contributed by atoms with Gasteiger partial charge in [0.05, 0.1) is 11.0 Å². The molecule has 0 saturated heterocycles. The molecule has 57 heavy (non-hydrogen) atoms. The third-order valence-electron chi connectivity index (χ3n) is 12.2. The molecule has 0 bridgehead atoms. The van der Waals surface area contributed by atoms with Gasteiger partial charge in [0.1, 0.15) is 0 Å². The number of nitrogens with zero attached hydrogens (tertiary/aromatic N) is 1. The zero-order valence-electron chi connectivity index (χ0n) is 31.5. The van der Waals surface area contributed by atoms with Gasteiger partial charge in [0.25, 0.3) is 0 Å². The van der Waals surface area contributed by atoms with E-state index in [1.807, 2.05) is 0 Å². The number of aromatic nitrogens is 1. The summed E-state index contributed by atoms with van der Waals surface area (Å²) in [6.07, 6.45) is 0. The van der Waals surface area contributed by atoms with E-state index in [1.165, 1.54) is 81.5 Å². The molecule has 9 aromatic carbocycles. The monoisotopic (exact) mass is 741 g/mol. The highest BCUT2D eigenvalue weighted by molar-refractivity contribution is 7.19. The van der Waals surface area contributed by atoms with Crippen LogP contribution in [0.1, 0.15) is 22.6 Å². The molecular weight excluding hydrogens is 703 g/mol. The van der Waals surface area contributed by atoms with Gasteiger partial charge in [-0.15, -0.1) is 0 Å². The van der Waals surface area contributed by atoms with Crippen molar-refractivity contribution in [3.8, 4) is 27.9 Å². The van der Waals surface area contributed by atoms with E-state index in [9.17, 15) is 0 Å². The lowest BCUT2D eigenvalue weighted by molar-refractivity contribution is 1.02. The van der Waals surface area contributed by atoms with Crippen LogP contribution in [0.25, 0.3) is 49.7 Å². The Hall–Kier alpha value is -7.00. The summed E-state index contributed by atoms with van der Waals surface area (Å²) in [6.45, 7) is 0. The van der Waals surface area contributed by atoms with Crippen LogP contribution in [0.2, 0.25) is 0 Å². The minimum Gasteiger partial charge on any atom is -0.309 e. The Kier molecular flexibility index (Phi) is 7.97. The molecule has 0 amide bonds. The average Bonchev–Trinajstić information content (AvgIpc) is 3.81. The van der Waals surface area contributed by atoms with Crippen molar-refractivity contribution in [3.05, 3.63) is 247 Å². The highest BCUT2D eigenvalue weighted by Gasteiger charge is 2.41. The van der Waals surface area contributed by atoms with E-state index >= 15 is 0 Å². The molecule has 0 aliphatic heterocycles. The first-order valence-corrected chi connectivity index (χ1v) is 21.9. The van der Waals surface area contributed by atoms with Crippen LogP contribution in [0.3, 0.4) is 0 Å². The average molecular weight is 742 g/mol. The third-order valence-corrected chi connectivity index (χ3v) is 17.0.